The molecule has 0 bridgehead atoms. The van der Waals surface area contributed by atoms with Crippen molar-refractivity contribution >= 4 is 21.7 Å². The van der Waals surface area contributed by atoms with Gasteiger partial charge in [-0.15, -0.1) is 5.10 Å². The van der Waals surface area contributed by atoms with Crippen LogP contribution in [0.1, 0.15) is 0 Å². The smallest absolute Gasteiger partial charge is 0.275 e. The summed E-state index contributed by atoms with van der Waals surface area (Å²) in [4.78, 5) is 17.7. The van der Waals surface area contributed by atoms with Gasteiger partial charge in [0, 0.05) is 12.3 Å². The van der Waals surface area contributed by atoms with Crippen molar-refractivity contribution in [3.05, 3.63) is 27.4 Å². The van der Waals surface area contributed by atoms with Gasteiger partial charge >= 0.3 is 0 Å². The molecular weight excluding hydrogens is 212 g/mol. The van der Waals surface area contributed by atoms with Gasteiger partial charge in [-0.05, 0) is 15.9 Å². The highest BCUT2D eigenvalue weighted by Gasteiger charge is 2.00. The summed E-state index contributed by atoms with van der Waals surface area (Å²) in [6, 6.07) is 1.38. The summed E-state index contributed by atoms with van der Waals surface area (Å²) in [6.45, 7) is 0. The van der Waals surface area contributed by atoms with Gasteiger partial charge in [0.25, 0.3) is 5.56 Å². The summed E-state index contributed by atoms with van der Waals surface area (Å²) in [7, 11) is 0. The quantitative estimate of drug-likeness (QED) is 0.681. The zero-order valence-electron chi connectivity index (χ0n) is 5.28. The van der Waals surface area contributed by atoms with Gasteiger partial charge in [0.05, 0.1) is 0 Å². The zero-order valence-corrected chi connectivity index (χ0v) is 6.87. The number of aromatic nitrogens is 4. The molecule has 56 valence electrons. The van der Waals surface area contributed by atoms with E-state index in [4.69, 9.17) is 0 Å². The highest BCUT2D eigenvalue weighted by molar-refractivity contribution is 9.10. The molecule has 0 saturated carbocycles. The first-order valence-electron chi connectivity index (χ1n) is 2.87. The lowest BCUT2D eigenvalue weighted by Crippen LogP contribution is -2.12. The van der Waals surface area contributed by atoms with E-state index in [1.54, 1.807) is 0 Å². The van der Waals surface area contributed by atoms with Crippen molar-refractivity contribution in [1.82, 2.24) is 19.6 Å². The maximum atomic E-state index is 11.0. The highest BCUT2D eigenvalue weighted by Crippen LogP contribution is 2.00. The van der Waals surface area contributed by atoms with Crippen LogP contribution >= 0.6 is 15.9 Å². The molecule has 5 nitrogen and oxygen atoms in total. The molecule has 1 N–H and O–H groups in total. The van der Waals surface area contributed by atoms with Crippen LogP contribution in [0.25, 0.3) is 5.78 Å². The molecule has 11 heavy (non-hydrogen) atoms. The second kappa shape index (κ2) is 2.16. The van der Waals surface area contributed by atoms with Gasteiger partial charge in [0.1, 0.15) is 0 Å². The maximum absolute atomic E-state index is 11.0. The molecule has 0 amide bonds. The van der Waals surface area contributed by atoms with E-state index in [9.17, 15) is 4.79 Å². The SMILES string of the molecule is O=c1cc[nH]c2nc(Br)nn12. The Morgan fingerprint density at radius 3 is 3.18 bits per heavy atom. The van der Waals surface area contributed by atoms with Crippen LogP contribution < -0.4 is 5.56 Å². The molecule has 2 rings (SSSR count). The van der Waals surface area contributed by atoms with Crippen LogP contribution in [0.4, 0.5) is 0 Å². The first kappa shape index (κ1) is 6.53. The number of nitrogens with zero attached hydrogens (tertiary/aromatic N) is 3. The predicted octanol–water partition coefficient (Wildman–Crippen LogP) is 0.180. The minimum atomic E-state index is -0.197. The Balaban J connectivity index is 3.02. The summed E-state index contributed by atoms with van der Waals surface area (Å²) in [5.41, 5.74) is -0.197. The van der Waals surface area contributed by atoms with E-state index in [-0.39, 0.29) is 5.56 Å². The van der Waals surface area contributed by atoms with Crippen molar-refractivity contribution in [2.45, 2.75) is 0 Å². The van der Waals surface area contributed by atoms with E-state index in [0.717, 1.165) is 0 Å². The molecule has 0 aliphatic rings. The Labute approximate surface area is 69.2 Å². The average molecular weight is 215 g/mol. The number of hydrogen-bond donors (Lipinski definition) is 1. The normalized spacial score (nSPS) is 10.6. The molecule has 0 aromatic carbocycles. The Morgan fingerprint density at radius 2 is 2.45 bits per heavy atom. The van der Waals surface area contributed by atoms with Crippen LogP contribution in [0.5, 0.6) is 0 Å². The largest absolute Gasteiger partial charge is 0.330 e. The number of rotatable bonds is 0. The van der Waals surface area contributed by atoms with Crippen LogP contribution in [0.2, 0.25) is 0 Å². The molecule has 0 unspecified atom stereocenters. The number of nitrogens with one attached hydrogen (secondary N) is 1. The first-order chi connectivity index (χ1) is 5.27. The zero-order chi connectivity index (χ0) is 7.84. The van der Waals surface area contributed by atoms with E-state index in [0.29, 0.717) is 10.5 Å². The third-order valence-electron chi connectivity index (χ3n) is 1.23. The van der Waals surface area contributed by atoms with Gasteiger partial charge in [0.15, 0.2) is 0 Å². The van der Waals surface area contributed by atoms with Crippen LogP contribution in [0, 0.1) is 0 Å². The Hall–Kier alpha value is -1.17. The van der Waals surface area contributed by atoms with E-state index in [1.165, 1.54) is 16.8 Å². The summed E-state index contributed by atoms with van der Waals surface area (Å²) in [5, 5.41) is 3.79. The van der Waals surface area contributed by atoms with Crippen LogP contribution in [-0.4, -0.2) is 19.6 Å². The topological polar surface area (TPSA) is 63.0 Å². The van der Waals surface area contributed by atoms with E-state index < -0.39 is 0 Å². The fraction of sp³-hybridized carbons (Fsp3) is 0. The molecule has 0 spiro atoms. The number of aromatic amines is 1. The average Bonchev–Trinajstić information content (AvgIpc) is 2.31. The minimum Gasteiger partial charge on any atom is -0.330 e. The van der Waals surface area contributed by atoms with Gasteiger partial charge in [-0.2, -0.15) is 9.50 Å². The Kier molecular flexibility index (Phi) is 1.28. The summed E-state index contributed by atoms with van der Waals surface area (Å²) >= 11 is 3.06. The number of hydrogen-bond acceptors (Lipinski definition) is 3. The maximum Gasteiger partial charge on any atom is 0.275 e. The second-order valence-corrected chi connectivity index (χ2v) is 2.64. The molecule has 0 atom stereocenters. The lowest BCUT2D eigenvalue weighted by atomic mass is 10.7. The lowest BCUT2D eigenvalue weighted by molar-refractivity contribution is 0.889. The van der Waals surface area contributed by atoms with Crippen molar-refractivity contribution in [2.24, 2.45) is 0 Å². The molecule has 0 saturated heterocycles. The first-order valence-corrected chi connectivity index (χ1v) is 3.66. The van der Waals surface area contributed by atoms with Crippen molar-refractivity contribution in [2.75, 3.05) is 0 Å². The fourth-order valence-corrected chi connectivity index (χ4v) is 1.12. The van der Waals surface area contributed by atoms with Gasteiger partial charge < -0.3 is 4.98 Å². The van der Waals surface area contributed by atoms with Crippen LogP contribution in [0.15, 0.2) is 21.8 Å². The Morgan fingerprint density at radius 1 is 1.64 bits per heavy atom. The van der Waals surface area contributed by atoms with Crippen molar-refractivity contribution in [3.8, 4) is 0 Å². The molecular formula is C5H3BrN4O. The third-order valence-corrected chi connectivity index (χ3v) is 1.56. The molecule has 0 aliphatic heterocycles. The van der Waals surface area contributed by atoms with E-state index >= 15 is 0 Å². The summed E-state index contributed by atoms with van der Waals surface area (Å²) in [5.74, 6) is 0.435. The number of H-pyrrole nitrogens is 1. The highest BCUT2D eigenvalue weighted by atomic mass is 79.9. The van der Waals surface area contributed by atoms with Crippen LogP contribution in [-0.2, 0) is 0 Å². The van der Waals surface area contributed by atoms with Gasteiger partial charge in [-0.25, -0.2) is 0 Å². The van der Waals surface area contributed by atoms with E-state index in [1.807, 2.05) is 0 Å². The molecule has 0 fully saturated rings. The number of halogens is 1. The molecule has 6 heteroatoms. The van der Waals surface area contributed by atoms with Gasteiger partial charge in [0.2, 0.25) is 10.5 Å². The molecule has 2 aromatic heterocycles. The third kappa shape index (κ3) is 0.949. The Bertz CT molecular complexity index is 445. The number of fused-ring (bicyclic) bond motifs is 1. The molecule has 0 aliphatic carbocycles. The second-order valence-electron chi connectivity index (χ2n) is 1.93. The van der Waals surface area contributed by atoms with Crippen LogP contribution in [0.3, 0.4) is 0 Å². The lowest BCUT2D eigenvalue weighted by Gasteiger charge is -1.85. The summed E-state index contributed by atoms with van der Waals surface area (Å²) in [6.07, 6.45) is 1.53. The molecule has 2 heterocycles. The molecule has 2 aromatic rings. The van der Waals surface area contributed by atoms with Crippen molar-refractivity contribution < 1.29 is 0 Å². The van der Waals surface area contributed by atoms with Crippen molar-refractivity contribution in [3.63, 3.8) is 0 Å². The fourth-order valence-electron chi connectivity index (χ4n) is 0.792. The monoisotopic (exact) mass is 214 g/mol. The minimum absolute atomic E-state index is 0.197. The van der Waals surface area contributed by atoms with E-state index in [2.05, 4.69) is 31.0 Å². The predicted molar refractivity (Wildman–Crippen MR) is 41.3 cm³/mol. The van der Waals surface area contributed by atoms with Gasteiger partial charge in [-0.1, -0.05) is 0 Å². The molecule has 0 radical (unpaired) electrons. The van der Waals surface area contributed by atoms with Gasteiger partial charge in [-0.3, -0.25) is 4.79 Å². The summed E-state index contributed by atoms with van der Waals surface area (Å²) < 4.78 is 1.58. The standard InChI is InChI=1S/C5H3BrN4O/c6-4-8-5-7-2-1-3(11)10(5)9-4/h1-2H,(H,7,8,9). The van der Waals surface area contributed by atoms with Crippen molar-refractivity contribution in [1.29, 1.82) is 0 Å².